The Hall–Kier alpha value is -3.59. The van der Waals surface area contributed by atoms with Crippen LogP contribution < -0.4 is 15.2 Å². The van der Waals surface area contributed by atoms with Gasteiger partial charge in [0, 0.05) is 25.7 Å². The van der Waals surface area contributed by atoms with Gasteiger partial charge in [0.05, 0.1) is 5.56 Å². The van der Waals surface area contributed by atoms with Crippen LogP contribution in [0, 0.1) is 11.3 Å². The summed E-state index contributed by atoms with van der Waals surface area (Å²) in [4.78, 5) is 20.3. The number of rotatable bonds is 4. The number of nitrogens with zero attached hydrogens (tertiary/aromatic N) is 4. The van der Waals surface area contributed by atoms with E-state index in [2.05, 4.69) is 11.0 Å². The molecule has 0 bridgehead atoms. The van der Waals surface area contributed by atoms with Crippen LogP contribution in [-0.4, -0.2) is 22.6 Å². The van der Waals surface area contributed by atoms with Crippen LogP contribution in [0.4, 0.5) is 5.82 Å². The molecule has 146 valence electrons. The summed E-state index contributed by atoms with van der Waals surface area (Å²) in [5.74, 6) is 1.66. The Bertz CT molecular complexity index is 1110. The fourth-order valence-electron chi connectivity index (χ4n) is 3.58. The molecule has 1 aliphatic rings. The Morgan fingerprint density at radius 1 is 1.00 bits per heavy atom. The molecule has 4 rings (SSSR count). The minimum absolute atomic E-state index is 0.164. The van der Waals surface area contributed by atoms with E-state index in [-0.39, 0.29) is 11.3 Å². The van der Waals surface area contributed by atoms with Gasteiger partial charge in [-0.3, -0.25) is 9.36 Å². The summed E-state index contributed by atoms with van der Waals surface area (Å²) in [5, 5.41) is 9.39. The highest BCUT2D eigenvalue weighted by Crippen LogP contribution is 2.32. The molecule has 6 heteroatoms. The van der Waals surface area contributed by atoms with E-state index in [0.717, 1.165) is 31.5 Å². The first-order chi connectivity index (χ1) is 14.2. The molecule has 2 aromatic carbocycles. The predicted octanol–water partition coefficient (Wildman–Crippen LogP) is 4.10. The summed E-state index contributed by atoms with van der Waals surface area (Å²) in [6.45, 7) is 1.65. The molecule has 0 spiro atoms. The van der Waals surface area contributed by atoms with E-state index in [4.69, 9.17) is 9.72 Å². The molecule has 1 saturated heterocycles. The molecule has 2 heterocycles. The minimum atomic E-state index is -0.271. The monoisotopic (exact) mass is 386 g/mol. The second kappa shape index (κ2) is 8.19. The van der Waals surface area contributed by atoms with Gasteiger partial charge in [0.2, 0.25) is 5.75 Å². The molecular formula is C23H22N4O2. The topological polar surface area (TPSA) is 71.2 Å². The molecule has 6 nitrogen and oxygen atoms in total. The van der Waals surface area contributed by atoms with Crippen LogP contribution in [-0.2, 0) is 7.05 Å². The van der Waals surface area contributed by atoms with Crippen molar-refractivity contribution in [3.8, 4) is 29.0 Å². The highest BCUT2D eigenvalue weighted by molar-refractivity contribution is 5.63. The minimum Gasteiger partial charge on any atom is -0.446 e. The van der Waals surface area contributed by atoms with Crippen molar-refractivity contribution in [2.45, 2.75) is 19.3 Å². The van der Waals surface area contributed by atoms with E-state index in [1.807, 2.05) is 30.3 Å². The summed E-state index contributed by atoms with van der Waals surface area (Å²) in [6, 6.07) is 18.7. The lowest BCUT2D eigenvalue weighted by Gasteiger charge is -2.29. The second-order valence-electron chi connectivity index (χ2n) is 7.08. The van der Waals surface area contributed by atoms with Crippen LogP contribution in [0.25, 0.3) is 11.4 Å². The Morgan fingerprint density at radius 3 is 2.41 bits per heavy atom. The fraction of sp³-hybridized carbons (Fsp3) is 0.261. The molecule has 0 radical (unpaired) electrons. The van der Waals surface area contributed by atoms with E-state index in [9.17, 15) is 10.1 Å². The van der Waals surface area contributed by atoms with Crippen LogP contribution in [0.5, 0.6) is 11.5 Å². The van der Waals surface area contributed by atoms with Gasteiger partial charge in [-0.05, 0) is 31.4 Å². The maximum Gasteiger partial charge on any atom is 0.298 e. The first kappa shape index (κ1) is 18.8. The van der Waals surface area contributed by atoms with E-state index < -0.39 is 0 Å². The second-order valence-corrected chi connectivity index (χ2v) is 7.08. The molecule has 29 heavy (non-hydrogen) atoms. The van der Waals surface area contributed by atoms with E-state index in [1.165, 1.54) is 11.0 Å². The van der Waals surface area contributed by atoms with Gasteiger partial charge in [0.1, 0.15) is 17.6 Å². The van der Waals surface area contributed by atoms with Crippen molar-refractivity contribution in [3.63, 3.8) is 0 Å². The van der Waals surface area contributed by atoms with Crippen LogP contribution in [0.3, 0.4) is 0 Å². The third-order valence-corrected chi connectivity index (χ3v) is 5.14. The van der Waals surface area contributed by atoms with Gasteiger partial charge in [0.25, 0.3) is 5.56 Å². The molecule has 0 atom stereocenters. The van der Waals surface area contributed by atoms with Crippen molar-refractivity contribution in [1.82, 2.24) is 9.55 Å². The average Bonchev–Trinajstić information content (AvgIpc) is 2.78. The van der Waals surface area contributed by atoms with Gasteiger partial charge in [-0.25, -0.2) is 4.98 Å². The number of benzene rings is 2. The van der Waals surface area contributed by atoms with Crippen molar-refractivity contribution in [1.29, 1.82) is 5.26 Å². The highest BCUT2D eigenvalue weighted by Gasteiger charge is 2.24. The standard InChI is InChI=1S/C23H22N4O2/c1-26-21(17-10-4-2-5-11-17)25-22(27-14-8-3-9-15-27)20(23(26)28)29-19-13-7-6-12-18(19)16-24/h2,4-7,10-13H,3,8-9,14-15H2,1H3. The van der Waals surface area contributed by atoms with Crippen molar-refractivity contribution in [3.05, 3.63) is 70.5 Å². The van der Waals surface area contributed by atoms with Crippen molar-refractivity contribution in [2.24, 2.45) is 7.05 Å². The highest BCUT2D eigenvalue weighted by atomic mass is 16.5. The van der Waals surface area contributed by atoms with E-state index in [1.54, 1.807) is 31.3 Å². The molecule has 0 N–H and O–H groups in total. The number of anilines is 1. The predicted molar refractivity (Wildman–Crippen MR) is 112 cm³/mol. The van der Waals surface area contributed by atoms with Crippen LogP contribution in [0.1, 0.15) is 24.8 Å². The average molecular weight is 386 g/mol. The molecule has 3 aromatic rings. The molecule has 1 fully saturated rings. The molecule has 1 aromatic heterocycles. The van der Waals surface area contributed by atoms with E-state index in [0.29, 0.717) is 23.0 Å². The molecule has 1 aliphatic heterocycles. The quantitative estimate of drug-likeness (QED) is 0.675. The zero-order valence-electron chi connectivity index (χ0n) is 16.3. The van der Waals surface area contributed by atoms with Gasteiger partial charge in [0.15, 0.2) is 5.82 Å². The number of nitriles is 1. The Balaban J connectivity index is 1.88. The van der Waals surface area contributed by atoms with Crippen molar-refractivity contribution >= 4 is 5.82 Å². The maximum absolute atomic E-state index is 13.3. The van der Waals surface area contributed by atoms with Crippen LogP contribution in [0.15, 0.2) is 59.4 Å². The molecular weight excluding hydrogens is 364 g/mol. The van der Waals surface area contributed by atoms with Gasteiger partial charge >= 0.3 is 0 Å². The largest absolute Gasteiger partial charge is 0.446 e. The van der Waals surface area contributed by atoms with Crippen LogP contribution in [0.2, 0.25) is 0 Å². The first-order valence-electron chi connectivity index (χ1n) is 9.77. The SMILES string of the molecule is Cn1c(-c2ccccc2)nc(N2CCCCC2)c(Oc2ccccc2C#N)c1=O. The lowest BCUT2D eigenvalue weighted by atomic mass is 10.1. The van der Waals surface area contributed by atoms with Gasteiger partial charge in [-0.1, -0.05) is 42.5 Å². The Morgan fingerprint density at radius 2 is 1.69 bits per heavy atom. The maximum atomic E-state index is 13.3. The van der Waals surface area contributed by atoms with Gasteiger partial charge in [-0.2, -0.15) is 5.26 Å². The third-order valence-electron chi connectivity index (χ3n) is 5.14. The summed E-state index contributed by atoms with van der Waals surface area (Å²) in [5.41, 5.74) is 0.979. The fourth-order valence-corrected chi connectivity index (χ4v) is 3.58. The lowest BCUT2D eigenvalue weighted by molar-refractivity contribution is 0.459. The number of hydrogen-bond donors (Lipinski definition) is 0. The summed E-state index contributed by atoms with van der Waals surface area (Å²) in [7, 11) is 1.70. The molecule has 0 amide bonds. The Labute approximate surface area is 169 Å². The molecule has 0 aliphatic carbocycles. The Kier molecular flexibility index (Phi) is 5.30. The number of para-hydroxylation sites is 1. The third kappa shape index (κ3) is 3.72. The summed E-state index contributed by atoms with van der Waals surface area (Å²) < 4.78 is 7.53. The van der Waals surface area contributed by atoms with Crippen LogP contribution >= 0.6 is 0 Å². The first-order valence-corrected chi connectivity index (χ1v) is 9.77. The van der Waals surface area contributed by atoms with Gasteiger partial charge < -0.3 is 9.64 Å². The molecule has 0 saturated carbocycles. The number of ether oxygens (including phenoxy) is 1. The number of aromatic nitrogens is 2. The zero-order valence-corrected chi connectivity index (χ0v) is 16.3. The van der Waals surface area contributed by atoms with E-state index >= 15 is 0 Å². The number of piperidine rings is 1. The van der Waals surface area contributed by atoms with Crippen molar-refractivity contribution < 1.29 is 4.74 Å². The summed E-state index contributed by atoms with van der Waals surface area (Å²) in [6.07, 6.45) is 3.26. The molecule has 0 unspecified atom stereocenters. The van der Waals surface area contributed by atoms with Crippen molar-refractivity contribution in [2.75, 3.05) is 18.0 Å². The summed E-state index contributed by atoms with van der Waals surface area (Å²) >= 11 is 0. The van der Waals surface area contributed by atoms with Gasteiger partial charge in [-0.15, -0.1) is 0 Å². The lowest BCUT2D eigenvalue weighted by Crippen LogP contribution is -2.33. The smallest absolute Gasteiger partial charge is 0.298 e. The zero-order chi connectivity index (χ0) is 20.2. The number of hydrogen-bond acceptors (Lipinski definition) is 5. The normalized spacial score (nSPS) is 13.7.